The van der Waals surface area contributed by atoms with Crippen LogP contribution in [0.2, 0.25) is 0 Å². The van der Waals surface area contributed by atoms with Gasteiger partial charge in [-0.1, -0.05) is 79.8 Å². The van der Waals surface area contributed by atoms with Crippen molar-refractivity contribution < 1.29 is 9.47 Å². The van der Waals surface area contributed by atoms with Gasteiger partial charge in [-0.3, -0.25) is 0 Å². The minimum absolute atomic E-state index is 0.308. The van der Waals surface area contributed by atoms with Gasteiger partial charge in [-0.25, -0.2) is 0 Å². The number of nitrogens with zero attached hydrogens (tertiary/aromatic N) is 2. The fraction of sp³-hybridized carbons (Fsp3) is 0.667. The Hall–Kier alpha value is 0.280. The van der Waals surface area contributed by atoms with Crippen LogP contribution in [0, 0.1) is 0 Å². The summed E-state index contributed by atoms with van der Waals surface area (Å²) in [6.45, 7) is -0.616. The zero-order chi connectivity index (χ0) is 14.4. The molecule has 0 aliphatic heterocycles. The number of ether oxygens (including phenoxy) is 2. The molecule has 18 heavy (non-hydrogen) atoms. The van der Waals surface area contributed by atoms with Gasteiger partial charge >= 0.3 is 12.0 Å². The Balaban J connectivity index is 4.17. The number of alkyl halides is 6. The Morgan fingerprint density at radius 3 is 1.28 bits per heavy atom. The number of amidine groups is 2. The highest BCUT2D eigenvalue weighted by atomic mass is 35.6. The third-order valence-electron chi connectivity index (χ3n) is 1.01. The number of halogens is 6. The molecule has 106 valence electrons. The Morgan fingerprint density at radius 2 is 1.06 bits per heavy atom. The fourth-order valence-corrected chi connectivity index (χ4v) is 0.795. The van der Waals surface area contributed by atoms with E-state index in [2.05, 4.69) is 10.2 Å². The maximum Gasteiger partial charge on any atom is 0.306 e. The second-order valence-electron chi connectivity index (χ2n) is 2.68. The molecule has 0 atom stereocenters. The van der Waals surface area contributed by atoms with Crippen LogP contribution in [-0.2, 0) is 9.47 Å². The highest BCUT2D eigenvalue weighted by Gasteiger charge is 2.21. The summed E-state index contributed by atoms with van der Waals surface area (Å²) in [5.41, 5.74) is 10.5. The quantitative estimate of drug-likeness (QED) is 0.340. The molecule has 0 radical (unpaired) electrons. The van der Waals surface area contributed by atoms with E-state index in [4.69, 9.17) is 90.5 Å². The number of rotatable bonds is 3. The molecule has 0 amide bonds. The monoisotopic (exact) mass is 378 g/mol. The molecule has 0 saturated heterocycles. The molecule has 0 bridgehead atoms. The van der Waals surface area contributed by atoms with Gasteiger partial charge in [0.1, 0.15) is 13.2 Å². The van der Waals surface area contributed by atoms with Crippen molar-refractivity contribution in [1.29, 1.82) is 0 Å². The molecule has 12 heteroatoms. The van der Waals surface area contributed by atoms with Gasteiger partial charge in [0, 0.05) is 0 Å². The second-order valence-corrected chi connectivity index (χ2v) is 7.72. The van der Waals surface area contributed by atoms with Crippen molar-refractivity contribution >= 4 is 81.6 Å². The van der Waals surface area contributed by atoms with E-state index in [1.54, 1.807) is 0 Å². The van der Waals surface area contributed by atoms with E-state index in [9.17, 15) is 0 Å². The molecule has 4 N–H and O–H groups in total. The smallest absolute Gasteiger partial charge is 0.306 e. The lowest BCUT2D eigenvalue weighted by Gasteiger charge is -2.11. The maximum atomic E-state index is 5.41. The summed E-state index contributed by atoms with van der Waals surface area (Å²) in [5, 5.41) is 6.67. The summed E-state index contributed by atoms with van der Waals surface area (Å²) < 4.78 is 6.23. The molecule has 0 heterocycles. The first-order chi connectivity index (χ1) is 7.99. The van der Waals surface area contributed by atoms with Crippen LogP contribution in [0.4, 0.5) is 0 Å². The highest BCUT2D eigenvalue weighted by molar-refractivity contribution is 6.68. The van der Waals surface area contributed by atoms with E-state index in [1.165, 1.54) is 0 Å². The molecule has 0 aromatic rings. The van der Waals surface area contributed by atoms with E-state index >= 15 is 0 Å². The zero-order valence-corrected chi connectivity index (χ0v) is 13.1. The average Bonchev–Trinajstić information content (AvgIpc) is 2.18. The minimum Gasteiger partial charge on any atom is -0.460 e. The molecule has 0 unspecified atom stereocenters. The van der Waals surface area contributed by atoms with Crippen LogP contribution < -0.4 is 11.5 Å². The van der Waals surface area contributed by atoms with Crippen molar-refractivity contribution in [2.75, 3.05) is 13.2 Å². The third kappa shape index (κ3) is 12.7. The minimum atomic E-state index is -1.62. The Morgan fingerprint density at radius 1 is 0.778 bits per heavy atom. The molecular formula is C6H8Cl6N4O2. The van der Waals surface area contributed by atoms with Crippen molar-refractivity contribution in [3.8, 4) is 0 Å². The Bertz CT molecular complexity index is 291. The van der Waals surface area contributed by atoms with Gasteiger partial charge in [-0.05, 0) is 0 Å². The first kappa shape index (κ1) is 18.3. The van der Waals surface area contributed by atoms with Crippen molar-refractivity contribution in [3.05, 3.63) is 0 Å². The summed E-state index contributed by atoms with van der Waals surface area (Å²) in [6, 6.07) is -0.747. The van der Waals surface area contributed by atoms with E-state index in [0.717, 1.165) is 0 Å². The summed E-state index contributed by atoms with van der Waals surface area (Å²) in [5.74, 6) is 0. The molecule has 0 saturated carbocycles. The van der Waals surface area contributed by atoms with Crippen LogP contribution in [0.3, 0.4) is 0 Å². The largest absolute Gasteiger partial charge is 0.460 e. The van der Waals surface area contributed by atoms with E-state index in [-0.39, 0.29) is 25.3 Å². The molecule has 0 rings (SSSR count). The van der Waals surface area contributed by atoms with Gasteiger partial charge in [-0.15, -0.1) is 0 Å². The lowest BCUT2D eigenvalue weighted by Crippen LogP contribution is -2.25. The first-order valence-electron chi connectivity index (χ1n) is 4.05. The number of hydrogen-bond acceptors (Lipinski definition) is 4. The lowest BCUT2D eigenvalue weighted by molar-refractivity contribution is 0.300. The third-order valence-corrected chi connectivity index (χ3v) is 1.67. The van der Waals surface area contributed by atoms with Gasteiger partial charge in [0.2, 0.25) is 7.59 Å². The summed E-state index contributed by atoms with van der Waals surface area (Å²) >= 11 is 32.4. The van der Waals surface area contributed by atoms with Crippen molar-refractivity contribution in [1.82, 2.24) is 0 Å². The summed E-state index contributed by atoms with van der Waals surface area (Å²) in [4.78, 5) is 0. The van der Waals surface area contributed by atoms with Crippen LogP contribution in [0.25, 0.3) is 0 Å². The van der Waals surface area contributed by atoms with Crippen LogP contribution >= 0.6 is 69.6 Å². The Kier molecular flexibility index (Phi) is 7.89. The molecular weight excluding hydrogens is 373 g/mol. The van der Waals surface area contributed by atoms with E-state index in [0.29, 0.717) is 0 Å². The van der Waals surface area contributed by atoms with Gasteiger partial charge in [0.05, 0.1) is 0 Å². The van der Waals surface area contributed by atoms with Crippen molar-refractivity contribution in [2.24, 2.45) is 21.7 Å². The molecule has 0 spiro atoms. The normalized spacial score (nSPS) is 14.6. The van der Waals surface area contributed by atoms with Gasteiger partial charge in [-0.2, -0.15) is 0 Å². The van der Waals surface area contributed by atoms with Gasteiger partial charge in [0.25, 0.3) is 0 Å². The molecule has 6 nitrogen and oxygen atoms in total. The van der Waals surface area contributed by atoms with E-state index < -0.39 is 7.59 Å². The molecule has 0 aromatic heterocycles. The van der Waals surface area contributed by atoms with E-state index in [1.807, 2.05) is 0 Å². The van der Waals surface area contributed by atoms with Gasteiger partial charge in [0.15, 0.2) is 0 Å². The fourth-order valence-electron chi connectivity index (χ4n) is 0.468. The lowest BCUT2D eigenvalue weighted by atomic mass is 10.8. The average molecular weight is 381 g/mol. The predicted octanol–water partition coefficient (Wildman–Crippen LogP) is 2.30. The topological polar surface area (TPSA) is 95.2 Å². The molecule has 0 aliphatic rings. The zero-order valence-electron chi connectivity index (χ0n) is 8.55. The first-order valence-corrected chi connectivity index (χ1v) is 6.32. The number of hydrogen-bond donors (Lipinski definition) is 2. The summed E-state index contributed by atoms with van der Waals surface area (Å²) in [7, 11) is 0. The van der Waals surface area contributed by atoms with Crippen LogP contribution in [0.15, 0.2) is 10.2 Å². The number of nitrogens with two attached hydrogens (primary N) is 2. The van der Waals surface area contributed by atoms with Gasteiger partial charge < -0.3 is 20.9 Å². The van der Waals surface area contributed by atoms with Crippen LogP contribution in [0.5, 0.6) is 0 Å². The summed E-state index contributed by atoms with van der Waals surface area (Å²) in [6.07, 6.45) is 0. The predicted molar refractivity (Wildman–Crippen MR) is 75.7 cm³/mol. The van der Waals surface area contributed by atoms with Crippen LogP contribution in [0.1, 0.15) is 0 Å². The van der Waals surface area contributed by atoms with Crippen LogP contribution in [-0.4, -0.2) is 32.8 Å². The molecule has 0 aromatic carbocycles. The standard InChI is InChI=1S/C6H8Cl6N4O2/c7-5(8,9)1-17-3(13)15-16-4(14)18-2-6(10,11)12/h1-2H2,(H2,13,15)(H2,14,16). The molecule has 0 aliphatic carbocycles. The Labute approximate surface area is 133 Å². The molecule has 0 fully saturated rings. The van der Waals surface area contributed by atoms with Crippen molar-refractivity contribution in [2.45, 2.75) is 7.59 Å². The SMILES string of the molecule is N/C(=N\N=C(/N)OCC(Cl)(Cl)Cl)OCC(Cl)(Cl)Cl. The second kappa shape index (κ2) is 7.77. The van der Waals surface area contributed by atoms with Crippen molar-refractivity contribution in [3.63, 3.8) is 0 Å². The highest BCUT2D eigenvalue weighted by Crippen LogP contribution is 2.26. The maximum absolute atomic E-state index is 5.41.